The van der Waals surface area contributed by atoms with Gasteiger partial charge in [-0.15, -0.1) is 11.8 Å². The van der Waals surface area contributed by atoms with Crippen LogP contribution in [0.5, 0.6) is 0 Å². The number of halogens is 1. The minimum absolute atomic E-state index is 0.213. The predicted molar refractivity (Wildman–Crippen MR) is 58.0 cm³/mol. The van der Waals surface area contributed by atoms with Crippen LogP contribution in [0.2, 0.25) is 0 Å². The molecule has 2 rings (SSSR count). The van der Waals surface area contributed by atoms with Crippen LogP contribution in [-0.4, -0.2) is 17.3 Å². The number of benzene rings is 1. The van der Waals surface area contributed by atoms with E-state index >= 15 is 0 Å². The summed E-state index contributed by atoms with van der Waals surface area (Å²) in [5.74, 6) is 0.666. The number of nitrogens with two attached hydrogens (primary N) is 1. The summed E-state index contributed by atoms with van der Waals surface area (Å²) in [7, 11) is 0. The predicted octanol–water partition coefficient (Wildman–Crippen LogP) is 2.36. The Morgan fingerprint density at radius 3 is 3.07 bits per heavy atom. The van der Waals surface area contributed by atoms with Gasteiger partial charge in [0.05, 0.1) is 0 Å². The molecular weight excluding hydrogens is 199 g/mol. The Balaban J connectivity index is 2.37. The Morgan fingerprint density at radius 1 is 1.43 bits per heavy atom. The molecule has 1 aromatic carbocycles. The molecule has 74 valence electrons. The first kappa shape index (κ1) is 9.55. The molecule has 0 radical (unpaired) electrons. The summed E-state index contributed by atoms with van der Waals surface area (Å²) in [5, 5.41) is 1.06. The second kappa shape index (κ2) is 4.02. The molecule has 0 amide bonds. The molecule has 0 aliphatic carbocycles. The molecule has 0 saturated carbocycles. The molecule has 4 heteroatoms. The van der Waals surface area contributed by atoms with Gasteiger partial charge < -0.3 is 10.7 Å². The van der Waals surface area contributed by atoms with Crippen molar-refractivity contribution >= 4 is 22.7 Å². The normalized spacial score (nSPS) is 11.0. The SMILES string of the molecule is NCCSc1c[nH]c2cc(F)ccc12. The van der Waals surface area contributed by atoms with Crippen molar-refractivity contribution in [2.24, 2.45) is 5.73 Å². The molecule has 0 aliphatic rings. The number of aromatic amines is 1. The van der Waals surface area contributed by atoms with E-state index in [1.165, 1.54) is 12.1 Å². The topological polar surface area (TPSA) is 41.8 Å². The molecule has 3 N–H and O–H groups in total. The van der Waals surface area contributed by atoms with E-state index in [-0.39, 0.29) is 5.82 Å². The zero-order valence-electron chi connectivity index (χ0n) is 7.59. The summed E-state index contributed by atoms with van der Waals surface area (Å²) in [6.45, 7) is 0.651. The summed E-state index contributed by atoms with van der Waals surface area (Å²) >= 11 is 1.68. The van der Waals surface area contributed by atoms with Crippen molar-refractivity contribution in [3.8, 4) is 0 Å². The van der Waals surface area contributed by atoms with Gasteiger partial charge in [-0.1, -0.05) is 0 Å². The van der Waals surface area contributed by atoms with E-state index in [4.69, 9.17) is 5.73 Å². The van der Waals surface area contributed by atoms with Crippen LogP contribution in [0.4, 0.5) is 4.39 Å². The molecule has 14 heavy (non-hydrogen) atoms. The number of H-pyrrole nitrogens is 1. The molecule has 0 saturated heterocycles. The van der Waals surface area contributed by atoms with E-state index in [0.29, 0.717) is 6.54 Å². The van der Waals surface area contributed by atoms with Crippen molar-refractivity contribution in [2.75, 3.05) is 12.3 Å². The summed E-state index contributed by atoms with van der Waals surface area (Å²) in [6, 6.07) is 4.77. The Bertz CT molecular complexity index is 439. The van der Waals surface area contributed by atoms with Gasteiger partial charge >= 0.3 is 0 Å². The number of hydrogen-bond acceptors (Lipinski definition) is 2. The van der Waals surface area contributed by atoms with Crippen LogP contribution in [0, 0.1) is 5.82 Å². The molecule has 0 unspecified atom stereocenters. The van der Waals surface area contributed by atoms with Crippen LogP contribution in [0.15, 0.2) is 29.3 Å². The van der Waals surface area contributed by atoms with E-state index in [1.54, 1.807) is 17.8 Å². The molecule has 0 bridgehead atoms. The van der Waals surface area contributed by atoms with E-state index in [2.05, 4.69) is 4.98 Å². The Hall–Kier alpha value is -1.00. The third-order valence-corrected chi connectivity index (χ3v) is 3.07. The van der Waals surface area contributed by atoms with Crippen LogP contribution >= 0.6 is 11.8 Å². The summed E-state index contributed by atoms with van der Waals surface area (Å²) in [6.07, 6.45) is 1.89. The fourth-order valence-corrected chi connectivity index (χ4v) is 2.17. The molecule has 0 atom stereocenters. The fourth-order valence-electron chi connectivity index (χ4n) is 1.36. The zero-order valence-corrected chi connectivity index (χ0v) is 8.40. The zero-order chi connectivity index (χ0) is 9.97. The lowest BCUT2D eigenvalue weighted by molar-refractivity contribution is 0.629. The average Bonchev–Trinajstić information content (AvgIpc) is 2.57. The van der Waals surface area contributed by atoms with Gasteiger partial charge in [0.1, 0.15) is 5.82 Å². The quantitative estimate of drug-likeness (QED) is 0.764. The van der Waals surface area contributed by atoms with Gasteiger partial charge in [-0.3, -0.25) is 0 Å². The van der Waals surface area contributed by atoms with Gasteiger partial charge in [0.2, 0.25) is 0 Å². The van der Waals surface area contributed by atoms with Crippen molar-refractivity contribution in [3.63, 3.8) is 0 Å². The maximum absolute atomic E-state index is 12.9. The van der Waals surface area contributed by atoms with Crippen LogP contribution in [-0.2, 0) is 0 Å². The van der Waals surface area contributed by atoms with Crippen molar-refractivity contribution < 1.29 is 4.39 Å². The molecule has 0 fully saturated rings. The Morgan fingerprint density at radius 2 is 2.29 bits per heavy atom. The van der Waals surface area contributed by atoms with Gasteiger partial charge in [-0.05, 0) is 18.2 Å². The number of fused-ring (bicyclic) bond motifs is 1. The van der Waals surface area contributed by atoms with Crippen LogP contribution in [0.3, 0.4) is 0 Å². The number of nitrogens with one attached hydrogen (secondary N) is 1. The molecule has 2 aromatic rings. The van der Waals surface area contributed by atoms with Crippen molar-refractivity contribution in [3.05, 3.63) is 30.2 Å². The van der Waals surface area contributed by atoms with E-state index in [9.17, 15) is 4.39 Å². The summed E-state index contributed by atoms with van der Waals surface area (Å²) in [4.78, 5) is 4.17. The maximum atomic E-state index is 12.9. The van der Waals surface area contributed by atoms with Crippen LogP contribution in [0.25, 0.3) is 10.9 Å². The first-order valence-electron chi connectivity index (χ1n) is 4.41. The van der Waals surface area contributed by atoms with Gasteiger partial charge in [0, 0.05) is 34.3 Å². The van der Waals surface area contributed by atoms with Gasteiger partial charge in [0.15, 0.2) is 0 Å². The fraction of sp³-hybridized carbons (Fsp3) is 0.200. The smallest absolute Gasteiger partial charge is 0.125 e. The summed E-state index contributed by atoms with van der Waals surface area (Å²) < 4.78 is 12.9. The lowest BCUT2D eigenvalue weighted by Crippen LogP contribution is -2.00. The highest BCUT2D eigenvalue weighted by Gasteiger charge is 2.03. The second-order valence-corrected chi connectivity index (χ2v) is 4.12. The highest BCUT2D eigenvalue weighted by Crippen LogP contribution is 2.27. The maximum Gasteiger partial charge on any atom is 0.125 e. The van der Waals surface area contributed by atoms with Gasteiger partial charge in [-0.25, -0.2) is 4.39 Å². The first-order chi connectivity index (χ1) is 6.81. The lowest BCUT2D eigenvalue weighted by atomic mass is 10.2. The molecular formula is C10H11FN2S. The largest absolute Gasteiger partial charge is 0.360 e. The van der Waals surface area contributed by atoms with E-state index < -0.39 is 0 Å². The monoisotopic (exact) mass is 210 g/mol. The highest BCUT2D eigenvalue weighted by molar-refractivity contribution is 7.99. The molecule has 0 spiro atoms. The van der Waals surface area contributed by atoms with Crippen molar-refractivity contribution in [1.29, 1.82) is 0 Å². The first-order valence-corrected chi connectivity index (χ1v) is 5.39. The molecule has 1 aromatic heterocycles. The lowest BCUT2D eigenvalue weighted by Gasteiger charge is -1.96. The van der Waals surface area contributed by atoms with Crippen LogP contribution in [0.1, 0.15) is 0 Å². The standard InChI is InChI=1S/C10H11FN2S/c11-7-1-2-8-9(5-7)13-6-10(8)14-4-3-12/h1-2,5-6,13H,3-4,12H2. The molecule has 0 aliphatic heterocycles. The van der Waals surface area contributed by atoms with Gasteiger partial charge in [-0.2, -0.15) is 0 Å². The van der Waals surface area contributed by atoms with Crippen LogP contribution < -0.4 is 5.73 Å². The van der Waals surface area contributed by atoms with Crippen molar-refractivity contribution in [2.45, 2.75) is 4.90 Å². The number of hydrogen-bond donors (Lipinski definition) is 2. The molecule has 1 heterocycles. The number of rotatable bonds is 3. The van der Waals surface area contributed by atoms with E-state index in [0.717, 1.165) is 21.6 Å². The second-order valence-electron chi connectivity index (χ2n) is 2.98. The third kappa shape index (κ3) is 1.76. The van der Waals surface area contributed by atoms with Crippen molar-refractivity contribution in [1.82, 2.24) is 4.98 Å². The highest BCUT2D eigenvalue weighted by atomic mass is 32.2. The Labute approximate surface area is 85.7 Å². The minimum Gasteiger partial charge on any atom is -0.360 e. The molecule has 2 nitrogen and oxygen atoms in total. The number of thioether (sulfide) groups is 1. The average molecular weight is 210 g/mol. The summed E-state index contributed by atoms with van der Waals surface area (Å²) in [5.41, 5.74) is 6.26. The van der Waals surface area contributed by atoms with E-state index in [1.807, 2.05) is 6.20 Å². The van der Waals surface area contributed by atoms with Gasteiger partial charge in [0.25, 0.3) is 0 Å². The Kier molecular flexibility index (Phi) is 2.74. The third-order valence-electron chi connectivity index (χ3n) is 1.98. The number of aromatic nitrogens is 1. The minimum atomic E-state index is -0.213.